The van der Waals surface area contributed by atoms with Gasteiger partial charge in [-0.25, -0.2) is 5.84 Å². The van der Waals surface area contributed by atoms with E-state index in [9.17, 15) is 4.79 Å². The number of methoxy groups -OCH3 is 2. The maximum absolute atomic E-state index is 11.5. The number of rotatable bonds is 6. The molecule has 112 valence electrons. The van der Waals surface area contributed by atoms with Crippen LogP contribution >= 0.6 is 0 Å². The molecule has 0 aliphatic carbocycles. The highest BCUT2D eigenvalue weighted by Gasteiger charge is 2.14. The summed E-state index contributed by atoms with van der Waals surface area (Å²) in [7, 11) is 3.10. The molecule has 0 saturated carbocycles. The third kappa shape index (κ3) is 3.46. The lowest BCUT2D eigenvalue weighted by Gasteiger charge is -2.10. The molecule has 0 fully saturated rings. The monoisotopic (exact) mass is 292 g/mol. The number of benzene rings is 1. The zero-order chi connectivity index (χ0) is 15.2. The first-order valence-electron chi connectivity index (χ1n) is 6.11. The fourth-order valence-electron chi connectivity index (χ4n) is 1.75. The molecule has 3 N–H and O–H groups in total. The van der Waals surface area contributed by atoms with Gasteiger partial charge >= 0.3 is 0 Å². The van der Waals surface area contributed by atoms with Crippen LogP contribution in [0.5, 0.6) is 17.2 Å². The Kier molecular flexibility index (Phi) is 4.68. The molecule has 1 heterocycles. The molecule has 0 saturated heterocycles. The fourth-order valence-corrected chi connectivity index (χ4v) is 1.75. The van der Waals surface area contributed by atoms with E-state index in [2.05, 4.69) is 0 Å². The van der Waals surface area contributed by atoms with Gasteiger partial charge in [-0.1, -0.05) is 0 Å². The predicted molar refractivity (Wildman–Crippen MR) is 74.2 cm³/mol. The van der Waals surface area contributed by atoms with Crippen molar-refractivity contribution in [1.29, 1.82) is 0 Å². The van der Waals surface area contributed by atoms with Crippen molar-refractivity contribution >= 4 is 5.91 Å². The van der Waals surface area contributed by atoms with Crippen molar-refractivity contribution in [2.45, 2.75) is 6.61 Å². The SMILES string of the molecule is COc1cc(OC)cc(OCc2occc2C(=O)NN)c1. The van der Waals surface area contributed by atoms with Gasteiger partial charge in [0.15, 0.2) is 5.76 Å². The van der Waals surface area contributed by atoms with Gasteiger partial charge in [-0.05, 0) is 6.07 Å². The van der Waals surface area contributed by atoms with E-state index in [4.69, 9.17) is 24.5 Å². The van der Waals surface area contributed by atoms with Gasteiger partial charge < -0.3 is 18.6 Å². The summed E-state index contributed by atoms with van der Waals surface area (Å²) in [6.45, 7) is 0.0755. The van der Waals surface area contributed by atoms with Gasteiger partial charge in [-0.3, -0.25) is 10.2 Å². The summed E-state index contributed by atoms with van der Waals surface area (Å²) in [6.07, 6.45) is 1.40. The molecule has 0 atom stereocenters. The molecule has 0 spiro atoms. The molecule has 1 aromatic carbocycles. The Labute approximate surface area is 121 Å². The van der Waals surface area contributed by atoms with Crippen LogP contribution in [0.15, 0.2) is 34.9 Å². The van der Waals surface area contributed by atoms with Crippen LogP contribution in [0.4, 0.5) is 0 Å². The summed E-state index contributed by atoms with van der Waals surface area (Å²) in [5, 5.41) is 0. The number of amides is 1. The van der Waals surface area contributed by atoms with Crippen LogP contribution in [0, 0.1) is 0 Å². The van der Waals surface area contributed by atoms with Crippen LogP contribution in [-0.2, 0) is 6.61 Å². The molecule has 2 aromatic rings. The van der Waals surface area contributed by atoms with Crippen LogP contribution in [0.2, 0.25) is 0 Å². The molecular formula is C14H16N2O5. The van der Waals surface area contributed by atoms with Crippen LogP contribution < -0.4 is 25.5 Å². The Morgan fingerprint density at radius 3 is 2.38 bits per heavy atom. The van der Waals surface area contributed by atoms with Crippen molar-refractivity contribution in [3.05, 3.63) is 41.9 Å². The van der Waals surface area contributed by atoms with E-state index in [1.54, 1.807) is 32.4 Å². The zero-order valence-electron chi connectivity index (χ0n) is 11.7. The summed E-state index contributed by atoms with van der Waals surface area (Å²) in [6, 6.07) is 6.66. The minimum absolute atomic E-state index is 0.0755. The average Bonchev–Trinajstić information content (AvgIpc) is 3.00. The number of carbonyl (C=O) groups is 1. The second kappa shape index (κ2) is 6.67. The smallest absolute Gasteiger partial charge is 0.268 e. The number of nitrogens with two attached hydrogens (primary N) is 1. The molecule has 2 rings (SSSR count). The number of furan rings is 1. The molecule has 21 heavy (non-hydrogen) atoms. The summed E-state index contributed by atoms with van der Waals surface area (Å²) < 4.78 is 21.1. The number of nitrogens with one attached hydrogen (secondary N) is 1. The van der Waals surface area contributed by atoms with Crippen molar-refractivity contribution in [2.75, 3.05) is 14.2 Å². The second-order valence-electron chi connectivity index (χ2n) is 4.07. The van der Waals surface area contributed by atoms with Crippen molar-refractivity contribution in [3.8, 4) is 17.2 Å². The van der Waals surface area contributed by atoms with E-state index in [-0.39, 0.29) is 6.61 Å². The van der Waals surface area contributed by atoms with E-state index in [0.29, 0.717) is 28.6 Å². The van der Waals surface area contributed by atoms with E-state index >= 15 is 0 Å². The molecule has 0 radical (unpaired) electrons. The summed E-state index contributed by atoms with van der Waals surface area (Å²) >= 11 is 0. The lowest BCUT2D eigenvalue weighted by molar-refractivity contribution is 0.0949. The Balaban J connectivity index is 2.13. The van der Waals surface area contributed by atoms with Crippen LogP contribution in [-0.4, -0.2) is 20.1 Å². The number of carbonyl (C=O) groups excluding carboxylic acids is 1. The summed E-state index contributed by atoms with van der Waals surface area (Å²) in [5.74, 6) is 6.77. The zero-order valence-corrected chi connectivity index (χ0v) is 11.7. The number of hydrogen-bond acceptors (Lipinski definition) is 6. The number of ether oxygens (including phenoxy) is 3. The molecule has 0 unspecified atom stereocenters. The largest absolute Gasteiger partial charge is 0.496 e. The Bertz CT molecular complexity index is 601. The lowest BCUT2D eigenvalue weighted by atomic mass is 10.2. The van der Waals surface area contributed by atoms with Crippen molar-refractivity contribution in [2.24, 2.45) is 5.84 Å². The predicted octanol–water partition coefficient (Wildman–Crippen LogP) is 1.48. The van der Waals surface area contributed by atoms with Crippen LogP contribution in [0.25, 0.3) is 0 Å². The maximum atomic E-state index is 11.5. The fraction of sp³-hybridized carbons (Fsp3) is 0.214. The highest BCUT2D eigenvalue weighted by molar-refractivity contribution is 5.94. The average molecular weight is 292 g/mol. The highest BCUT2D eigenvalue weighted by atomic mass is 16.5. The van der Waals surface area contributed by atoms with Crippen LogP contribution in [0.3, 0.4) is 0 Å². The highest BCUT2D eigenvalue weighted by Crippen LogP contribution is 2.28. The van der Waals surface area contributed by atoms with Gasteiger partial charge in [0.25, 0.3) is 5.91 Å². The first-order valence-corrected chi connectivity index (χ1v) is 6.11. The minimum Gasteiger partial charge on any atom is -0.496 e. The van der Waals surface area contributed by atoms with Crippen molar-refractivity contribution in [1.82, 2.24) is 5.43 Å². The summed E-state index contributed by atoms with van der Waals surface area (Å²) in [5.41, 5.74) is 2.37. The van der Waals surface area contributed by atoms with Gasteiger partial charge in [-0.15, -0.1) is 0 Å². The molecule has 1 amide bonds. The van der Waals surface area contributed by atoms with E-state index < -0.39 is 5.91 Å². The minimum atomic E-state index is -0.439. The number of hydrogen-bond donors (Lipinski definition) is 2. The standard InChI is InChI=1S/C14H16N2O5/c1-18-9-5-10(19-2)7-11(6-9)21-8-13-12(3-4-20-13)14(17)16-15/h3-7H,8,15H2,1-2H3,(H,16,17). The van der Waals surface area contributed by atoms with Crippen LogP contribution in [0.1, 0.15) is 16.1 Å². The summed E-state index contributed by atoms with van der Waals surface area (Å²) in [4.78, 5) is 11.5. The first-order chi connectivity index (χ1) is 10.2. The molecule has 0 bridgehead atoms. The Morgan fingerprint density at radius 2 is 1.81 bits per heavy atom. The second-order valence-corrected chi connectivity index (χ2v) is 4.07. The van der Waals surface area contributed by atoms with Crippen molar-refractivity contribution in [3.63, 3.8) is 0 Å². The van der Waals surface area contributed by atoms with Gasteiger partial charge in [0, 0.05) is 18.2 Å². The quantitative estimate of drug-likeness (QED) is 0.475. The van der Waals surface area contributed by atoms with Gasteiger partial charge in [-0.2, -0.15) is 0 Å². The topological polar surface area (TPSA) is 95.9 Å². The van der Waals surface area contributed by atoms with E-state index in [1.165, 1.54) is 12.3 Å². The third-order valence-electron chi connectivity index (χ3n) is 2.82. The Hall–Kier alpha value is -2.67. The van der Waals surface area contributed by atoms with Crippen molar-refractivity contribution < 1.29 is 23.4 Å². The molecule has 0 aliphatic rings. The molecule has 1 aromatic heterocycles. The molecule has 7 nitrogen and oxygen atoms in total. The number of nitrogen functional groups attached to an aromatic ring is 1. The van der Waals surface area contributed by atoms with Gasteiger partial charge in [0.05, 0.1) is 26.0 Å². The molecule has 0 aliphatic heterocycles. The first kappa shape index (κ1) is 14.7. The molecule has 7 heteroatoms. The molecular weight excluding hydrogens is 276 g/mol. The van der Waals surface area contributed by atoms with Gasteiger partial charge in [0.1, 0.15) is 23.9 Å². The normalized spacial score (nSPS) is 10.0. The van der Waals surface area contributed by atoms with Gasteiger partial charge in [0.2, 0.25) is 0 Å². The Morgan fingerprint density at radius 1 is 1.19 bits per heavy atom. The van der Waals surface area contributed by atoms with E-state index in [1.807, 2.05) is 5.43 Å². The maximum Gasteiger partial charge on any atom is 0.268 e. The number of hydrazine groups is 1. The lowest BCUT2D eigenvalue weighted by Crippen LogP contribution is -2.30. The third-order valence-corrected chi connectivity index (χ3v) is 2.82. The van der Waals surface area contributed by atoms with E-state index in [0.717, 1.165) is 0 Å².